The topological polar surface area (TPSA) is 68.3 Å². The van der Waals surface area contributed by atoms with Crippen molar-refractivity contribution in [2.75, 3.05) is 17.7 Å². The first-order valence-electron chi connectivity index (χ1n) is 6.49. The van der Waals surface area contributed by atoms with Crippen molar-refractivity contribution in [3.63, 3.8) is 0 Å². The second-order valence-electron chi connectivity index (χ2n) is 4.29. The molecule has 120 valence electrons. The Bertz CT molecular complexity index is 698. The number of carbonyl (C=O) groups is 2. The van der Waals surface area contributed by atoms with Gasteiger partial charge in [0, 0.05) is 11.1 Å². The highest BCUT2D eigenvalue weighted by atomic mass is 35.5. The summed E-state index contributed by atoms with van der Waals surface area (Å²) in [4.78, 5) is 28.1. The van der Waals surface area contributed by atoms with Crippen LogP contribution in [-0.2, 0) is 14.3 Å². The van der Waals surface area contributed by atoms with E-state index >= 15 is 0 Å². The van der Waals surface area contributed by atoms with Crippen LogP contribution in [-0.4, -0.2) is 29.2 Å². The van der Waals surface area contributed by atoms with Gasteiger partial charge in [0.05, 0.1) is 15.8 Å². The number of nitrogens with zero attached hydrogens (tertiary/aromatic N) is 1. The van der Waals surface area contributed by atoms with Crippen molar-refractivity contribution < 1.29 is 14.3 Å². The number of rotatable bonds is 6. The van der Waals surface area contributed by atoms with Crippen molar-refractivity contribution in [2.24, 2.45) is 0 Å². The third-order valence-electron chi connectivity index (χ3n) is 2.53. The summed E-state index contributed by atoms with van der Waals surface area (Å²) >= 11 is 12.9. The minimum absolute atomic E-state index is 0.122. The number of hydrogen-bond donors (Lipinski definition) is 1. The average Bonchev–Trinajstić information content (AvgIpc) is 2.54. The molecule has 1 aromatic carbocycles. The maximum Gasteiger partial charge on any atom is 0.316 e. The number of thioether (sulfide) groups is 1. The molecule has 0 aliphatic carbocycles. The standard InChI is InChI=1S/C15H12Cl2N2O3S/c16-10-6-12(17)15(18-7-10)19-13(20)8-22-14(21)9-23-11-4-2-1-3-5-11/h1-7H,8-9H2,(H,18,19,20). The average molecular weight is 371 g/mol. The summed E-state index contributed by atoms with van der Waals surface area (Å²) in [6, 6.07) is 10.9. The zero-order valence-electron chi connectivity index (χ0n) is 11.8. The van der Waals surface area contributed by atoms with Crippen LogP contribution in [0.25, 0.3) is 0 Å². The van der Waals surface area contributed by atoms with Crippen LogP contribution in [0.1, 0.15) is 0 Å². The Kier molecular flexibility index (Phi) is 6.70. The summed E-state index contributed by atoms with van der Waals surface area (Å²) in [6.07, 6.45) is 1.35. The van der Waals surface area contributed by atoms with E-state index in [-0.39, 0.29) is 16.6 Å². The molecule has 2 aromatic rings. The van der Waals surface area contributed by atoms with Crippen molar-refractivity contribution in [1.82, 2.24) is 4.98 Å². The number of aromatic nitrogens is 1. The maximum atomic E-state index is 11.7. The van der Waals surface area contributed by atoms with Gasteiger partial charge in [-0.05, 0) is 18.2 Å². The molecule has 0 fully saturated rings. The fourth-order valence-corrected chi connectivity index (χ4v) is 2.67. The van der Waals surface area contributed by atoms with Gasteiger partial charge in [-0.3, -0.25) is 9.59 Å². The Morgan fingerprint density at radius 3 is 2.65 bits per heavy atom. The van der Waals surface area contributed by atoms with Crippen LogP contribution in [0, 0.1) is 0 Å². The lowest BCUT2D eigenvalue weighted by Gasteiger charge is -2.07. The monoisotopic (exact) mass is 370 g/mol. The van der Waals surface area contributed by atoms with Gasteiger partial charge in [-0.25, -0.2) is 4.98 Å². The Balaban J connectivity index is 1.74. The van der Waals surface area contributed by atoms with E-state index in [0.717, 1.165) is 4.90 Å². The second-order valence-corrected chi connectivity index (χ2v) is 6.19. The summed E-state index contributed by atoms with van der Waals surface area (Å²) < 4.78 is 4.89. The van der Waals surface area contributed by atoms with Gasteiger partial charge < -0.3 is 10.1 Å². The summed E-state index contributed by atoms with van der Waals surface area (Å²) in [6.45, 7) is -0.408. The number of benzene rings is 1. The van der Waals surface area contributed by atoms with E-state index in [1.165, 1.54) is 24.0 Å². The zero-order valence-corrected chi connectivity index (χ0v) is 14.1. The molecule has 0 bridgehead atoms. The lowest BCUT2D eigenvalue weighted by Crippen LogP contribution is -2.22. The van der Waals surface area contributed by atoms with Gasteiger partial charge in [0.25, 0.3) is 5.91 Å². The number of pyridine rings is 1. The van der Waals surface area contributed by atoms with E-state index in [0.29, 0.717) is 5.02 Å². The second kappa shape index (κ2) is 8.76. The lowest BCUT2D eigenvalue weighted by molar-refractivity contribution is -0.144. The molecule has 0 aliphatic heterocycles. The molecule has 1 amide bonds. The van der Waals surface area contributed by atoms with Gasteiger partial charge in [0.2, 0.25) is 0 Å². The first kappa shape index (κ1) is 17.6. The van der Waals surface area contributed by atoms with Crippen LogP contribution >= 0.6 is 35.0 Å². The third kappa shape index (κ3) is 6.09. The molecule has 0 aliphatic rings. The highest BCUT2D eigenvalue weighted by molar-refractivity contribution is 8.00. The van der Waals surface area contributed by atoms with Gasteiger partial charge >= 0.3 is 5.97 Å². The van der Waals surface area contributed by atoms with Crippen molar-refractivity contribution in [3.8, 4) is 0 Å². The van der Waals surface area contributed by atoms with Gasteiger partial charge in [-0.2, -0.15) is 0 Å². The van der Waals surface area contributed by atoms with Crippen molar-refractivity contribution in [2.45, 2.75) is 4.90 Å². The highest BCUT2D eigenvalue weighted by Crippen LogP contribution is 2.22. The molecule has 0 unspecified atom stereocenters. The van der Waals surface area contributed by atoms with Crippen LogP contribution in [0.2, 0.25) is 10.0 Å². The molecule has 23 heavy (non-hydrogen) atoms. The molecule has 0 radical (unpaired) electrons. The highest BCUT2D eigenvalue weighted by Gasteiger charge is 2.11. The number of amides is 1. The number of carbonyl (C=O) groups excluding carboxylic acids is 2. The minimum Gasteiger partial charge on any atom is -0.455 e. The molecule has 5 nitrogen and oxygen atoms in total. The largest absolute Gasteiger partial charge is 0.455 e. The first-order chi connectivity index (χ1) is 11.0. The lowest BCUT2D eigenvalue weighted by atomic mass is 10.4. The zero-order chi connectivity index (χ0) is 16.7. The molecular formula is C15H12Cl2N2O3S. The maximum absolute atomic E-state index is 11.7. The molecule has 1 aromatic heterocycles. The smallest absolute Gasteiger partial charge is 0.316 e. The quantitative estimate of drug-likeness (QED) is 0.620. The summed E-state index contributed by atoms with van der Waals surface area (Å²) in [7, 11) is 0. The Morgan fingerprint density at radius 2 is 1.96 bits per heavy atom. The summed E-state index contributed by atoms with van der Waals surface area (Å²) in [5.41, 5.74) is 0. The number of hydrogen-bond acceptors (Lipinski definition) is 5. The van der Waals surface area contributed by atoms with E-state index in [1.54, 1.807) is 0 Å². The molecule has 0 saturated heterocycles. The van der Waals surface area contributed by atoms with Crippen LogP contribution in [0.3, 0.4) is 0 Å². The molecule has 1 N–H and O–H groups in total. The number of halogens is 2. The fraction of sp³-hybridized carbons (Fsp3) is 0.133. The van der Waals surface area contributed by atoms with Crippen LogP contribution in [0.15, 0.2) is 47.5 Å². The molecule has 0 saturated carbocycles. The Hall–Kier alpha value is -1.76. The van der Waals surface area contributed by atoms with E-state index in [9.17, 15) is 9.59 Å². The van der Waals surface area contributed by atoms with Crippen LogP contribution < -0.4 is 5.32 Å². The van der Waals surface area contributed by atoms with Crippen molar-refractivity contribution >= 4 is 52.7 Å². The van der Waals surface area contributed by atoms with Crippen LogP contribution in [0.4, 0.5) is 5.82 Å². The molecule has 0 atom stereocenters. The molecular weight excluding hydrogens is 359 g/mol. The molecule has 1 heterocycles. The first-order valence-corrected chi connectivity index (χ1v) is 8.23. The predicted molar refractivity (Wildman–Crippen MR) is 91.0 cm³/mol. The molecule has 2 rings (SSSR count). The van der Waals surface area contributed by atoms with E-state index < -0.39 is 18.5 Å². The summed E-state index contributed by atoms with van der Waals surface area (Å²) in [5.74, 6) is -0.725. The van der Waals surface area contributed by atoms with Gasteiger partial charge in [-0.15, -0.1) is 11.8 Å². The van der Waals surface area contributed by atoms with Crippen LogP contribution in [0.5, 0.6) is 0 Å². The number of nitrogens with one attached hydrogen (secondary N) is 1. The van der Waals surface area contributed by atoms with Gasteiger partial charge in [0.1, 0.15) is 0 Å². The van der Waals surface area contributed by atoms with E-state index in [2.05, 4.69) is 10.3 Å². The number of anilines is 1. The van der Waals surface area contributed by atoms with E-state index in [4.69, 9.17) is 27.9 Å². The van der Waals surface area contributed by atoms with Gasteiger partial charge in [-0.1, -0.05) is 41.4 Å². The Labute approximate surface area is 147 Å². The summed E-state index contributed by atoms with van der Waals surface area (Å²) in [5, 5.41) is 3.01. The van der Waals surface area contributed by atoms with Gasteiger partial charge in [0.15, 0.2) is 12.4 Å². The number of esters is 1. The van der Waals surface area contributed by atoms with E-state index in [1.807, 2.05) is 30.3 Å². The SMILES string of the molecule is O=C(COC(=O)CSc1ccccc1)Nc1ncc(Cl)cc1Cl. The third-order valence-corrected chi connectivity index (χ3v) is 4.01. The predicted octanol–water partition coefficient (Wildman–Crippen LogP) is 3.66. The molecule has 0 spiro atoms. The number of ether oxygens (including phenoxy) is 1. The Morgan fingerprint density at radius 1 is 1.22 bits per heavy atom. The van der Waals surface area contributed by atoms with Crippen molar-refractivity contribution in [3.05, 3.63) is 52.6 Å². The minimum atomic E-state index is -0.528. The molecule has 8 heteroatoms. The normalized spacial score (nSPS) is 10.2. The fourth-order valence-electron chi connectivity index (χ4n) is 1.52. The van der Waals surface area contributed by atoms with Crippen molar-refractivity contribution in [1.29, 1.82) is 0 Å².